The summed E-state index contributed by atoms with van der Waals surface area (Å²) in [5.74, 6) is 0.572. The Morgan fingerprint density at radius 1 is 1.50 bits per heavy atom. The molecule has 1 heterocycles. The number of ether oxygens (including phenoxy) is 1. The number of hydrogen-bond acceptors (Lipinski definition) is 3. The van der Waals surface area contributed by atoms with Gasteiger partial charge >= 0.3 is 0 Å². The fraction of sp³-hybridized carbons (Fsp3) is 0.545. The SMILES string of the molecule is NC1C=CC(C(=O)C2=CCCCO2)C1. The molecule has 2 aliphatic rings. The molecule has 3 nitrogen and oxygen atoms in total. The maximum Gasteiger partial charge on any atom is 0.203 e. The number of ketones is 1. The van der Waals surface area contributed by atoms with Gasteiger partial charge in [0.25, 0.3) is 0 Å². The van der Waals surface area contributed by atoms with Crippen molar-refractivity contribution in [1.29, 1.82) is 0 Å². The van der Waals surface area contributed by atoms with Gasteiger partial charge in [-0.25, -0.2) is 0 Å². The number of nitrogens with two attached hydrogens (primary N) is 1. The minimum absolute atomic E-state index is 0.0353. The first-order valence-corrected chi connectivity index (χ1v) is 5.08. The first-order chi connectivity index (χ1) is 6.77. The van der Waals surface area contributed by atoms with Crippen LogP contribution in [0.2, 0.25) is 0 Å². The minimum Gasteiger partial charge on any atom is -0.490 e. The lowest BCUT2D eigenvalue weighted by atomic mass is 10.00. The average Bonchev–Trinajstić information content (AvgIpc) is 2.65. The van der Waals surface area contributed by atoms with Gasteiger partial charge in [-0.2, -0.15) is 0 Å². The van der Waals surface area contributed by atoms with Crippen molar-refractivity contribution >= 4 is 5.78 Å². The lowest BCUT2D eigenvalue weighted by molar-refractivity contribution is -0.121. The smallest absolute Gasteiger partial charge is 0.203 e. The second kappa shape index (κ2) is 3.96. The summed E-state index contributed by atoms with van der Waals surface area (Å²) in [4.78, 5) is 11.8. The molecule has 0 spiro atoms. The van der Waals surface area contributed by atoms with Crippen molar-refractivity contribution < 1.29 is 9.53 Å². The Morgan fingerprint density at radius 2 is 2.36 bits per heavy atom. The molecule has 2 rings (SSSR count). The molecule has 0 aromatic carbocycles. The van der Waals surface area contributed by atoms with E-state index < -0.39 is 0 Å². The Labute approximate surface area is 83.6 Å². The van der Waals surface area contributed by atoms with Crippen molar-refractivity contribution in [2.45, 2.75) is 25.3 Å². The van der Waals surface area contributed by atoms with Gasteiger partial charge in [-0.3, -0.25) is 4.79 Å². The Kier molecular flexibility index (Phi) is 2.68. The number of allylic oxidation sites excluding steroid dienone is 3. The van der Waals surface area contributed by atoms with Gasteiger partial charge in [-0.1, -0.05) is 12.2 Å². The fourth-order valence-electron chi connectivity index (χ4n) is 1.83. The van der Waals surface area contributed by atoms with Crippen LogP contribution in [0.15, 0.2) is 24.0 Å². The highest BCUT2D eigenvalue weighted by atomic mass is 16.5. The largest absolute Gasteiger partial charge is 0.490 e. The third-order valence-electron chi connectivity index (χ3n) is 2.63. The molecule has 0 amide bonds. The molecule has 1 aliphatic carbocycles. The molecule has 0 fully saturated rings. The average molecular weight is 193 g/mol. The van der Waals surface area contributed by atoms with Gasteiger partial charge in [0.05, 0.1) is 6.61 Å². The Morgan fingerprint density at radius 3 is 2.93 bits per heavy atom. The summed E-state index contributed by atoms with van der Waals surface area (Å²) in [5.41, 5.74) is 5.69. The van der Waals surface area contributed by atoms with Crippen molar-refractivity contribution in [3.8, 4) is 0 Å². The van der Waals surface area contributed by atoms with Gasteiger partial charge in [0, 0.05) is 12.0 Å². The lowest BCUT2D eigenvalue weighted by Gasteiger charge is -2.16. The third kappa shape index (κ3) is 1.87. The maximum absolute atomic E-state index is 11.8. The maximum atomic E-state index is 11.8. The highest BCUT2D eigenvalue weighted by molar-refractivity contribution is 5.96. The van der Waals surface area contributed by atoms with E-state index in [-0.39, 0.29) is 17.7 Å². The molecule has 0 aromatic rings. The number of hydrogen-bond donors (Lipinski definition) is 1. The van der Waals surface area contributed by atoms with Crippen LogP contribution in [0.4, 0.5) is 0 Å². The van der Waals surface area contributed by atoms with Crippen LogP contribution in [-0.4, -0.2) is 18.4 Å². The highest BCUT2D eigenvalue weighted by Crippen LogP contribution is 2.23. The number of carbonyl (C=O) groups excluding carboxylic acids is 1. The van der Waals surface area contributed by atoms with Gasteiger partial charge in [0.1, 0.15) is 0 Å². The van der Waals surface area contributed by atoms with Crippen molar-refractivity contribution in [1.82, 2.24) is 0 Å². The summed E-state index contributed by atoms with van der Waals surface area (Å²) in [6.45, 7) is 0.667. The molecular formula is C11H15NO2. The van der Waals surface area contributed by atoms with E-state index in [0.717, 1.165) is 19.3 Å². The van der Waals surface area contributed by atoms with Crippen molar-refractivity contribution in [2.75, 3.05) is 6.61 Å². The molecule has 14 heavy (non-hydrogen) atoms. The van der Waals surface area contributed by atoms with Crippen LogP contribution >= 0.6 is 0 Å². The molecule has 2 unspecified atom stereocenters. The molecule has 0 aromatic heterocycles. The topological polar surface area (TPSA) is 52.3 Å². The quantitative estimate of drug-likeness (QED) is 0.669. The summed E-state index contributed by atoms with van der Waals surface area (Å²) >= 11 is 0. The van der Waals surface area contributed by atoms with Gasteiger partial charge in [-0.05, 0) is 25.3 Å². The van der Waals surface area contributed by atoms with E-state index in [1.165, 1.54) is 0 Å². The molecule has 2 atom stereocenters. The second-order valence-electron chi connectivity index (χ2n) is 3.81. The van der Waals surface area contributed by atoms with E-state index in [9.17, 15) is 4.79 Å². The molecule has 3 heteroatoms. The zero-order chi connectivity index (χ0) is 9.97. The molecule has 76 valence electrons. The lowest BCUT2D eigenvalue weighted by Crippen LogP contribution is -2.22. The van der Waals surface area contributed by atoms with E-state index in [4.69, 9.17) is 10.5 Å². The standard InChI is InChI=1S/C11H15NO2/c12-9-5-4-8(7-9)11(13)10-3-1-2-6-14-10/h3-5,8-9H,1-2,6-7,12H2. The minimum atomic E-state index is -0.0608. The predicted octanol–water partition coefficient (Wildman–Crippen LogP) is 1.15. The van der Waals surface area contributed by atoms with Gasteiger partial charge < -0.3 is 10.5 Å². The van der Waals surface area contributed by atoms with Gasteiger partial charge in [-0.15, -0.1) is 0 Å². The van der Waals surface area contributed by atoms with Crippen LogP contribution in [0, 0.1) is 5.92 Å². The van der Waals surface area contributed by atoms with Gasteiger partial charge in [0.2, 0.25) is 5.78 Å². The summed E-state index contributed by atoms with van der Waals surface area (Å²) < 4.78 is 5.32. The molecule has 1 aliphatic heterocycles. The first kappa shape index (κ1) is 9.46. The Hall–Kier alpha value is -1.09. The fourth-order valence-corrected chi connectivity index (χ4v) is 1.83. The summed E-state index contributed by atoms with van der Waals surface area (Å²) in [5, 5.41) is 0. The van der Waals surface area contributed by atoms with Crippen molar-refractivity contribution in [3.63, 3.8) is 0 Å². The highest BCUT2D eigenvalue weighted by Gasteiger charge is 2.26. The zero-order valence-electron chi connectivity index (χ0n) is 8.11. The van der Waals surface area contributed by atoms with E-state index in [2.05, 4.69) is 0 Å². The molecule has 0 saturated carbocycles. The van der Waals surface area contributed by atoms with Crippen molar-refractivity contribution in [2.24, 2.45) is 11.7 Å². The van der Waals surface area contributed by atoms with E-state index >= 15 is 0 Å². The van der Waals surface area contributed by atoms with Gasteiger partial charge in [0.15, 0.2) is 5.76 Å². The molecule has 0 radical (unpaired) electrons. The van der Waals surface area contributed by atoms with Crippen LogP contribution in [-0.2, 0) is 9.53 Å². The van der Waals surface area contributed by atoms with E-state index in [0.29, 0.717) is 12.4 Å². The number of rotatable bonds is 2. The van der Waals surface area contributed by atoms with Crippen LogP contribution in [0.5, 0.6) is 0 Å². The Balaban J connectivity index is 2.01. The van der Waals surface area contributed by atoms with E-state index in [1.54, 1.807) is 0 Å². The first-order valence-electron chi connectivity index (χ1n) is 5.08. The molecule has 0 saturated heterocycles. The zero-order valence-corrected chi connectivity index (χ0v) is 8.11. The summed E-state index contributed by atoms with van der Waals surface area (Å²) in [6, 6.07) is 0.0353. The predicted molar refractivity (Wildman–Crippen MR) is 53.5 cm³/mol. The summed E-state index contributed by atoms with van der Waals surface area (Å²) in [6.07, 6.45) is 8.36. The summed E-state index contributed by atoms with van der Waals surface area (Å²) in [7, 11) is 0. The van der Waals surface area contributed by atoms with E-state index in [1.807, 2.05) is 18.2 Å². The monoisotopic (exact) mass is 193 g/mol. The third-order valence-corrected chi connectivity index (χ3v) is 2.63. The molecule has 2 N–H and O–H groups in total. The Bertz CT molecular complexity index is 294. The van der Waals surface area contributed by atoms with Crippen LogP contribution in [0.3, 0.4) is 0 Å². The number of carbonyl (C=O) groups is 1. The number of Topliss-reactive ketones (excluding diaryl/α,β-unsaturated/α-hetero) is 1. The second-order valence-corrected chi connectivity index (χ2v) is 3.81. The molecule has 0 bridgehead atoms. The normalized spacial score (nSPS) is 31.1. The molecular weight excluding hydrogens is 178 g/mol. The van der Waals surface area contributed by atoms with Crippen LogP contribution < -0.4 is 5.73 Å². The van der Waals surface area contributed by atoms with Crippen LogP contribution in [0.1, 0.15) is 19.3 Å². The van der Waals surface area contributed by atoms with Crippen molar-refractivity contribution in [3.05, 3.63) is 24.0 Å². The van der Waals surface area contributed by atoms with Crippen LogP contribution in [0.25, 0.3) is 0 Å².